The Bertz CT molecular complexity index is 129. The molecule has 0 aliphatic carbocycles. The molecule has 0 aromatic rings. The van der Waals surface area contributed by atoms with Crippen LogP contribution in [0.1, 0.15) is 0 Å². The van der Waals surface area contributed by atoms with E-state index in [1.807, 2.05) is 12.5 Å². The fourth-order valence-corrected chi connectivity index (χ4v) is 0. The van der Waals surface area contributed by atoms with E-state index in [0.717, 1.165) is 0 Å². The van der Waals surface area contributed by atoms with Gasteiger partial charge in [0.05, 0.1) is 0 Å². The zero-order valence-electron chi connectivity index (χ0n) is 4.27. The summed E-state index contributed by atoms with van der Waals surface area (Å²) in [6, 6.07) is 0. The summed E-state index contributed by atoms with van der Waals surface area (Å²) < 4.78 is 0. The normalized spacial score (nSPS) is 11.3. The Morgan fingerprint density at radius 3 is 1.83 bits per heavy atom. The van der Waals surface area contributed by atoms with Gasteiger partial charge in [-0.3, -0.25) is 0 Å². The molecule has 34 valence electrons. The molecule has 0 spiro atoms. The zero-order chi connectivity index (χ0) is 5.21. The van der Waals surface area contributed by atoms with E-state index in [9.17, 15) is 0 Å². The van der Waals surface area contributed by atoms with Crippen LogP contribution in [0.25, 0.3) is 0 Å². The van der Waals surface area contributed by atoms with Crippen LogP contribution in [-0.2, 0) is 0 Å². The Labute approximate surface area is 41.0 Å². The van der Waals surface area contributed by atoms with Crippen LogP contribution in [0.3, 0.4) is 0 Å². The van der Waals surface area contributed by atoms with Gasteiger partial charge in [-0.05, 0) is 0 Å². The van der Waals surface area contributed by atoms with Crippen molar-refractivity contribution >= 4 is 15.8 Å². The van der Waals surface area contributed by atoms with Gasteiger partial charge in [-0.25, -0.2) is 0 Å². The average molecular weight is 100.0 g/mol. The summed E-state index contributed by atoms with van der Waals surface area (Å²) in [6.45, 7) is 9.04. The third kappa shape index (κ3) is 4.15. The monoisotopic (exact) mass is 100 g/mol. The van der Waals surface area contributed by atoms with Crippen molar-refractivity contribution in [3.63, 3.8) is 0 Å². The Morgan fingerprint density at radius 1 is 1.67 bits per heavy atom. The first-order valence-corrected chi connectivity index (χ1v) is 4.27. The van der Waals surface area contributed by atoms with Crippen LogP contribution in [0.15, 0.2) is 12.0 Å². The number of rotatable bonds is 0. The topological polar surface area (TPSA) is 0 Å². The second-order valence-electron chi connectivity index (χ2n) is 1.65. The average Bonchev–Trinajstić information content (AvgIpc) is 1.35. The summed E-state index contributed by atoms with van der Waals surface area (Å²) in [5.41, 5.74) is 0. The van der Waals surface area contributed by atoms with Crippen molar-refractivity contribution in [2.45, 2.75) is 0 Å². The van der Waals surface area contributed by atoms with E-state index in [2.05, 4.69) is 6.58 Å². The van der Waals surface area contributed by atoms with E-state index >= 15 is 0 Å². The zero-order valence-corrected chi connectivity index (χ0v) is 5.09. The van der Waals surface area contributed by atoms with Gasteiger partial charge in [-0.2, -0.15) is 0 Å². The molecule has 0 heterocycles. The van der Waals surface area contributed by atoms with Crippen LogP contribution in [0, 0.1) is 0 Å². The molecule has 0 aliphatic rings. The van der Waals surface area contributed by atoms with Crippen molar-refractivity contribution < 1.29 is 0 Å². The van der Waals surface area contributed by atoms with Crippen molar-refractivity contribution in [1.82, 2.24) is 0 Å². The summed E-state index contributed by atoms with van der Waals surface area (Å²) in [5, 5.41) is 1.80. The van der Waals surface area contributed by atoms with Gasteiger partial charge in [-0.15, -0.1) is 0 Å². The van der Waals surface area contributed by atoms with E-state index in [1.165, 1.54) is 0 Å². The molecule has 0 radical (unpaired) electrons. The quantitative estimate of drug-likeness (QED) is 0.402. The van der Waals surface area contributed by atoms with Crippen molar-refractivity contribution in [3.8, 4) is 0 Å². The molecule has 0 aliphatic heterocycles. The Morgan fingerprint density at radius 2 is 1.83 bits per heavy atom. The molecule has 0 bridgehead atoms. The molecule has 0 nitrogen and oxygen atoms in total. The van der Waals surface area contributed by atoms with Crippen LogP contribution >= 0.6 is 9.26 Å². The molecule has 0 rings (SSSR count). The summed E-state index contributed by atoms with van der Waals surface area (Å²) in [6.07, 6.45) is 3.97. The van der Waals surface area contributed by atoms with E-state index in [-0.39, 0.29) is 0 Å². The molecule has 0 saturated heterocycles. The van der Waals surface area contributed by atoms with Gasteiger partial charge in [-0.1, -0.05) is 0 Å². The van der Waals surface area contributed by atoms with Crippen molar-refractivity contribution in [2.24, 2.45) is 0 Å². The van der Waals surface area contributed by atoms with Gasteiger partial charge in [0.15, 0.2) is 0 Å². The van der Waals surface area contributed by atoms with E-state index in [1.54, 1.807) is 5.41 Å². The predicted molar refractivity (Wildman–Crippen MR) is 35.4 cm³/mol. The molecule has 0 atom stereocenters. The second-order valence-corrected chi connectivity index (χ2v) is 4.96. The molecule has 0 aromatic carbocycles. The molecule has 0 saturated carbocycles. The summed E-state index contributed by atoms with van der Waals surface area (Å²) in [4.78, 5) is 0. The first-order valence-electron chi connectivity index (χ1n) is 1.70. The van der Waals surface area contributed by atoms with Gasteiger partial charge in [0.2, 0.25) is 0 Å². The molecule has 0 aromatic heterocycles. The molecule has 0 fully saturated rings. The van der Waals surface area contributed by atoms with E-state index in [4.69, 9.17) is 6.53 Å². The van der Waals surface area contributed by atoms with E-state index < -0.39 is 9.26 Å². The van der Waals surface area contributed by atoms with Crippen LogP contribution in [0.5, 0.6) is 0 Å². The van der Waals surface area contributed by atoms with Crippen molar-refractivity contribution in [3.05, 3.63) is 12.0 Å². The predicted octanol–water partition coefficient (Wildman–Crippen LogP) is 1.28. The minimum atomic E-state index is -0.898. The third-order valence-corrected chi connectivity index (χ3v) is 1.29. The molecule has 0 N–H and O–H groups in total. The molecule has 0 amide bonds. The third-order valence-electron chi connectivity index (χ3n) is 0.430. The molecule has 6 heavy (non-hydrogen) atoms. The molecular weight excluding hydrogens is 90.9 g/mol. The van der Waals surface area contributed by atoms with Gasteiger partial charge >= 0.3 is 40.3 Å². The second kappa shape index (κ2) is 1.74. The van der Waals surface area contributed by atoms with Gasteiger partial charge < -0.3 is 0 Å². The van der Waals surface area contributed by atoms with E-state index in [0.29, 0.717) is 0 Å². The fraction of sp³-hybridized carbons (Fsp3) is 0.500. The van der Waals surface area contributed by atoms with Crippen LogP contribution in [0.2, 0.25) is 0 Å². The van der Waals surface area contributed by atoms with Gasteiger partial charge in [0.25, 0.3) is 0 Å². The SMILES string of the molecule is B#S(C)(C)C=C. The standard InChI is InChI=1S/C4H9BS/c1-4-6(2,3)5/h4H,1H2,2-3H3. The van der Waals surface area contributed by atoms with Gasteiger partial charge in [0, 0.05) is 0 Å². The maximum atomic E-state index is 5.50. The van der Waals surface area contributed by atoms with Crippen LogP contribution in [0.4, 0.5) is 0 Å². The molecule has 2 heteroatoms. The van der Waals surface area contributed by atoms with Gasteiger partial charge in [0.1, 0.15) is 0 Å². The van der Waals surface area contributed by atoms with Crippen LogP contribution in [-0.4, -0.2) is 19.0 Å². The summed E-state index contributed by atoms with van der Waals surface area (Å²) in [7, 11) is -0.898. The fourth-order valence-electron chi connectivity index (χ4n) is 0. The molecular formula is C4H9BS. The first kappa shape index (κ1) is 6.15. The molecule has 0 unspecified atom stereocenters. The van der Waals surface area contributed by atoms with Crippen LogP contribution < -0.4 is 0 Å². The number of hydrogen-bond acceptors (Lipinski definition) is 0. The minimum absolute atomic E-state index is 0.898. The van der Waals surface area contributed by atoms with Crippen molar-refractivity contribution in [1.29, 1.82) is 0 Å². The Kier molecular flexibility index (Phi) is 1.78. The number of hydrogen-bond donors (Lipinski definition) is 0. The first-order chi connectivity index (χ1) is 2.56. The Balaban J connectivity index is 3.96. The van der Waals surface area contributed by atoms with Crippen molar-refractivity contribution in [2.75, 3.05) is 12.5 Å². The summed E-state index contributed by atoms with van der Waals surface area (Å²) >= 11 is 0. The maximum absolute atomic E-state index is 5.50. The summed E-state index contributed by atoms with van der Waals surface area (Å²) in [5.74, 6) is 0. The Hall–Kier alpha value is 0.155.